The van der Waals surface area contributed by atoms with Gasteiger partial charge < -0.3 is 11.1 Å². The summed E-state index contributed by atoms with van der Waals surface area (Å²) in [5.41, 5.74) is 6.80. The molecule has 3 aromatic carbocycles. The van der Waals surface area contributed by atoms with Crippen molar-refractivity contribution < 1.29 is 9.72 Å². The maximum absolute atomic E-state index is 12.9. The molecule has 0 saturated heterocycles. The fourth-order valence-electron chi connectivity index (χ4n) is 3.36. The first kappa shape index (κ1) is 24.2. The first-order valence-corrected chi connectivity index (χ1v) is 11.0. The highest BCUT2D eigenvalue weighted by Gasteiger charge is 2.19. The Labute approximate surface area is 209 Å². The van der Waals surface area contributed by atoms with Gasteiger partial charge in [0, 0.05) is 24.2 Å². The Balaban J connectivity index is 1.67. The van der Waals surface area contributed by atoms with Crippen LogP contribution in [0.2, 0.25) is 0 Å². The van der Waals surface area contributed by atoms with Crippen LogP contribution in [0.5, 0.6) is 0 Å². The predicted octanol–water partition coefficient (Wildman–Crippen LogP) is 4.19. The number of hydrogen-bond acceptors (Lipinski definition) is 7. The number of nitro groups is 1. The third-order valence-electron chi connectivity index (χ3n) is 5.16. The number of carbonyl (C=O) groups excluding carboxylic acids is 1. The molecule has 0 unspecified atom stereocenters. The summed E-state index contributed by atoms with van der Waals surface area (Å²) in [6.07, 6.45) is 0. The molecule has 0 saturated carbocycles. The number of azo groups is 1. The zero-order chi connectivity index (χ0) is 25.7. The molecule has 4 rings (SSSR count). The summed E-state index contributed by atoms with van der Waals surface area (Å²) in [5, 5.41) is 24.6. The number of nitrogens with zero attached hydrogens (tertiary/aromatic N) is 4. The Morgan fingerprint density at radius 3 is 2.36 bits per heavy atom. The van der Waals surface area contributed by atoms with E-state index >= 15 is 0 Å². The third kappa shape index (κ3) is 5.23. The molecular weight excluding hydrogens is 482 g/mol. The number of rotatable bonds is 7. The minimum Gasteiger partial charge on any atom is -0.374 e. The number of nitrogens with one attached hydrogen (secondary N) is 2. The van der Waals surface area contributed by atoms with Crippen molar-refractivity contribution >= 4 is 40.3 Å². The number of nitrogens with two attached hydrogens (primary N) is 1. The molecule has 0 atom stereocenters. The molecule has 180 valence electrons. The first-order chi connectivity index (χ1) is 17.3. The van der Waals surface area contributed by atoms with Gasteiger partial charge in [-0.1, -0.05) is 42.5 Å². The number of amides is 1. The zero-order valence-electron chi connectivity index (χ0n) is 18.6. The maximum Gasteiger partial charge on any atom is 0.301 e. The number of hydrogen-bond donors (Lipinski definition) is 3. The van der Waals surface area contributed by atoms with Gasteiger partial charge in [-0.3, -0.25) is 24.8 Å². The zero-order valence-corrected chi connectivity index (χ0v) is 19.4. The number of aromatic nitrogens is 2. The molecule has 11 nitrogen and oxygen atoms in total. The molecule has 0 radical (unpaired) electrons. The molecule has 0 aliphatic rings. The first-order valence-electron chi connectivity index (χ1n) is 10.6. The number of nitro benzene ring substituents is 1. The molecule has 1 aromatic heterocycles. The summed E-state index contributed by atoms with van der Waals surface area (Å²) in [5.74, 6) is -0.362. The van der Waals surface area contributed by atoms with Crippen molar-refractivity contribution in [1.82, 2.24) is 15.1 Å². The van der Waals surface area contributed by atoms with E-state index in [0.717, 1.165) is 10.2 Å². The summed E-state index contributed by atoms with van der Waals surface area (Å²) in [6.45, 7) is 0.325. The summed E-state index contributed by atoms with van der Waals surface area (Å²) >= 11 is 4.92. The SMILES string of the molecule is NC(=S)n1[nH]c(-c2ccc([N+](=O)[O-])cc2)c(N=Nc2ccccc2C(=O)NCc2ccccc2)c1=O. The van der Waals surface area contributed by atoms with E-state index < -0.39 is 10.5 Å². The molecule has 1 heterocycles. The van der Waals surface area contributed by atoms with Gasteiger partial charge in [-0.2, -0.15) is 4.68 Å². The van der Waals surface area contributed by atoms with Crippen molar-refractivity contribution in [1.29, 1.82) is 0 Å². The van der Waals surface area contributed by atoms with Gasteiger partial charge in [0.15, 0.2) is 10.8 Å². The summed E-state index contributed by atoms with van der Waals surface area (Å²) < 4.78 is 0.916. The van der Waals surface area contributed by atoms with Crippen LogP contribution in [0.25, 0.3) is 11.3 Å². The van der Waals surface area contributed by atoms with Crippen molar-refractivity contribution in [3.8, 4) is 11.3 Å². The fourth-order valence-corrected chi connectivity index (χ4v) is 3.49. The van der Waals surface area contributed by atoms with Gasteiger partial charge in [-0.25, -0.2) is 0 Å². The second-order valence-electron chi connectivity index (χ2n) is 7.50. The average molecular weight is 502 g/mol. The Morgan fingerprint density at radius 1 is 1.03 bits per heavy atom. The lowest BCUT2D eigenvalue weighted by Gasteiger charge is -2.07. The number of non-ortho nitro benzene ring substituents is 1. The van der Waals surface area contributed by atoms with Gasteiger partial charge >= 0.3 is 5.56 Å². The molecule has 4 N–H and O–H groups in total. The Bertz CT molecular complexity index is 1530. The van der Waals surface area contributed by atoms with Gasteiger partial charge in [0.1, 0.15) is 0 Å². The molecule has 0 spiro atoms. The molecule has 4 aromatic rings. The summed E-state index contributed by atoms with van der Waals surface area (Å²) in [6, 6.07) is 21.5. The summed E-state index contributed by atoms with van der Waals surface area (Å²) in [7, 11) is 0. The topological polar surface area (TPSA) is 161 Å². The Hall–Kier alpha value is -4.97. The van der Waals surface area contributed by atoms with Gasteiger partial charge in [0.05, 0.1) is 21.9 Å². The normalized spacial score (nSPS) is 10.9. The number of benzene rings is 3. The molecule has 12 heteroatoms. The van der Waals surface area contributed by atoms with Gasteiger partial charge in [-0.15, -0.1) is 10.2 Å². The minimum absolute atomic E-state index is 0.117. The van der Waals surface area contributed by atoms with E-state index in [2.05, 4.69) is 20.6 Å². The lowest BCUT2D eigenvalue weighted by Crippen LogP contribution is -2.29. The largest absolute Gasteiger partial charge is 0.374 e. The van der Waals surface area contributed by atoms with Crippen molar-refractivity contribution in [3.05, 3.63) is 110 Å². The predicted molar refractivity (Wildman–Crippen MR) is 138 cm³/mol. The highest BCUT2D eigenvalue weighted by Crippen LogP contribution is 2.29. The van der Waals surface area contributed by atoms with E-state index in [1.54, 1.807) is 24.3 Å². The van der Waals surface area contributed by atoms with Crippen LogP contribution in [-0.2, 0) is 6.54 Å². The molecule has 0 aliphatic carbocycles. The molecule has 0 bridgehead atoms. The van der Waals surface area contributed by atoms with E-state index in [1.165, 1.54) is 24.3 Å². The fraction of sp³-hybridized carbons (Fsp3) is 0.0417. The van der Waals surface area contributed by atoms with Crippen molar-refractivity contribution in [2.24, 2.45) is 16.0 Å². The molecular formula is C24H19N7O4S. The maximum atomic E-state index is 12.9. The van der Waals surface area contributed by atoms with E-state index in [4.69, 9.17) is 18.0 Å². The van der Waals surface area contributed by atoms with E-state index in [9.17, 15) is 19.7 Å². The minimum atomic E-state index is -0.661. The number of carbonyl (C=O) groups is 1. The van der Waals surface area contributed by atoms with Crippen LogP contribution in [0.1, 0.15) is 15.9 Å². The van der Waals surface area contributed by atoms with Crippen molar-refractivity contribution in [3.63, 3.8) is 0 Å². The average Bonchev–Trinajstić information content (AvgIpc) is 3.23. The monoisotopic (exact) mass is 501 g/mol. The smallest absolute Gasteiger partial charge is 0.301 e. The number of aromatic amines is 1. The van der Waals surface area contributed by atoms with Crippen LogP contribution in [0.3, 0.4) is 0 Å². The van der Waals surface area contributed by atoms with Crippen LogP contribution < -0.4 is 16.6 Å². The van der Waals surface area contributed by atoms with Crippen molar-refractivity contribution in [2.45, 2.75) is 6.54 Å². The highest BCUT2D eigenvalue weighted by atomic mass is 32.1. The van der Waals surface area contributed by atoms with Crippen molar-refractivity contribution in [2.75, 3.05) is 0 Å². The van der Waals surface area contributed by atoms with E-state index in [0.29, 0.717) is 12.1 Å². The molecule has 0 aliphatic heterocycles. The Kier molecular flexibility index (Phi) is 7.07. The molecule has 36 heavy (non-hydrogen) atoms. The standard InChI is InChI=1S/C24H19N7O4S/c25-24(36)30-23(33)21(20(29-30)16-10-12-17(13-11-16)31(34)35)28-27-19-9-5-4-8-18(19)22(32)26-14-15-6-2-1-3-7-15/h1-13,29H,14H2,(H2,25,36)(H,26,32). The molecule has 0 fully saturated rings. The highest BCUT2D eigenvalue weighted by molar-refractivity contribution is 7.80. The van der Waals surface area contributed by atoms with E-state index in [1.807, 2.05) is 30.3 Å². The summed E-state index contributed by atoms with van der Waals surface area (Å²) in [4.78, 5) is 36.2. The second-order valence-corrected chi connectivity index (χ2v) is 7.92. The lowest BCUT2D eigenvalue weighted by atomic mass is 10.1. The van der Waals surface area contributed by atoms with Crippen LogP contribution in [-0.4, -0.2) is 25.7 Å². The quantitative estimate of drug-likeness (QED) is 0.149. The van der Waals surface area contributed by atoms with Crippen LogP contribution in [0.15, 0.2) is 93.9 Å². The van der Waals surface area contributed by atoms with Gasteiger partial charge in [-0.05, 0) is 42.0 Å². The molecule has 1 amide bonds. The van der Waals surface area contributed by atoms with Crippen LogP contribution >= 0.6 is 12.2 Å². The lowest BCUT2D eigenvalue weighted by molar-refractivity contribution is -0.384. The van der Waals surface area contributed by atoms with Crippen LogP contribution in [0, 0.1) is 10.1 Å². The number of H-pyrrole nitrogens is 1. The van der Waals surface area contributed by atoms with Gasteiger partial charge in [0.2, 0.25) is 0 Å². The van der Waals surface area contributed by atoms with Gasteiger partial charge in [0.25, 0.3) is 11.6 Å². The van der Waals surface area contributed by atoms with E-state index in [-0.39, 0.29) is 39.3 Å². The third-order valence-corrected chi connectivity index (χ3v) is 5.34. The second kappa shape index (κ2) is 10.5. The Morgan fingerprint density at radius 2 is 1.69 bits per heavy atom. The number of thiocarbonyl (C=S) groups is 1. The van der Waals surface area contributed by atoms with Crippen LogP contribution in [0.4, 0.5) is 17.1 Å².